The van der Waals surface area contributed by atoms with Gasteiger partial charge in [0.1, 0.15) is 17.3 Å². The summed E-state index contributed by atoms with van der Waals surface area (Å²) in [6.45, 7) is 3.37. The van der Waals surface area contributed by atoms with Gasteiger partial charge in [-0.15, -0.1) is 0 Å². The first-order valence-electron chi connectivity index (χ1n) is 6.11. The maximum Gasteiger partial charge on any atom is 0.132 e. The summed E-state index contributed by atoms with van der Waals surface area (Å²) in [4.78, 5) is 0. The van der Waals surface area contributed by atoms with Crippen LogP contribution in [0.4, 0.5) is 4.39 Å². The number of benzene rings is 2. The smallest absolute Gasteiger partial charge is 0.132 e. The third kappa shape index (κ3) is 3.94. The summed E-state index contributed by atoms with van der Waals surface area (Å²) >= 11 is 5.91. The van der Waals surface area contributed by atoms with Gasteiger partial charge in [0, 0.05) is 17.1 Å². The van der Waals surface area contributed by atoms with Gasteiger partial charge in [0.2, 0.25) is 0 Å². The summed E-state index contributed by atoms with van der Waals surface area (Å²) in [5.41, 5.74) is 0.779. The molecule has 0 aliphatic carbocycles. The zero-order chi connectivity index (χ0) is 13.7. The van der Waals surface area contributed by atoms with E-state index in [0.717, 1.165) is 12.1 Å². The highest BCUT2D eigenvalue weighted by molar-refractivity contribution is 6.30. The molecule has 0 aliphatic heterocycles. The van der Waals surface area contributed by atoms with Gasteiger partial charge in [-0.05, 0) is 42.9 Å². The molecule has 0 fully saturated rings. The Morgan fingerprint density at radius 3 is 2.79 bits per heavy atom. The minimum absolute atomic E-state index is 0.272. The largest absolute Gasteiger partial charge is 0.457 e. The third-order valence-electron chi connectivity index (χ3n) is 2.61. The van der Waals surface area contributed by atoms with Crippen LogP contribution in [0.2, 0.25) is 5.02 Å². The molecule has 0 radical (unpaired) electrons. The second-order valence-electron chi connectivity index (χ2n) is 4.09. The lowest BCUT2D eigenvalue weighted by Crippen LogP contribution is -2.12. The quantitative estimate of drug-likeness (QED) is 0.877. The van der Waals surface area contributed by atoms with Crippen molar-refractivity contribution in [3.63, 3.8) is 0 Å². The molecule has 0 amide bonds. The summed E-state index contributed by atoms with van der Waals surface area (Å²) < 4.78 is 19.0. The second-order valence-corrected chi connectivity index (χ2v) is 4.53. The average Bonchev–Trinajstić information content (AvgIpc) is 2.39. The fraction of sp³-hybridized carbons (Fsp3) is 0.200. The lowest BCUT2D eigenvalue weighted by molar-refractivity contribution is 0.470. The van der Waals surface area contributed by atoms with E-state index in [4.69, 9.17) is 16.3 Å². The minimum Gasteiger partial charge on any atom is -0.457 e. The van der Waals surface area contributed by atoms with E-state index in [9.17, 15) is 4.39 Å². The monoisotopic (exact) mass is 279 g/mol. The molecule has 2 rings (SSSR count). The highest BCUT2D eigenvalue weighted by Crippen LogP contribution is 2.27. The summed E-state index contributed by atoms with van der Waals surface area (Å²) in [7, 11) is 0. The van der Waals surface area contributed by atoms with Crippen LogP contribution >= 0.6 is 11.6 Å². The lowest BCUT2D eigenvalue weighted by Gasteiger charge is -2.12. The van der Waals surface area contributed by atoms with Gasteiger partial charge >= 0.3 is 0 Å². The Bertz CT molecular complexity index is 560. The van der Waals surface area contributed by atoms with E-state index >= 15 is 0 Å². The van der Waals surface area contributed by atoms with Crippen molar-refractivity contribution in [3.05, 3.63) is 58.9 Å². The van der Waals surface area contributed by atoms with Crippen molar-refractivity contribution in [1.29, 1.82) is 0 Å². The molecule has 0 atom stereocenters. The standard InChI is InChI=1S/C15H15ClFNO/c1-2-18-10-11-8-13(17)6-7-15(11)19-14-5-3-4-12(16)9-14/h3-9,18H,2,10H2,1H3. The molecule has 0 aromatic heterocycles. The number of halogens is 2. The van der Waals surface area contributed by atoms with Gasteiger partial charge in [0.15, 0.2) is 0 Å². The number of rotatable bonds is 5. The fourth-order valence-electron chi connectivity index (χ4n) is 1.70. The molecule has 2 aromatic rings. The first-order valence-corrected chi connectivity index (χ1v) is 6.49. The molecule has 1 N–H and O–H groups in total. The fourth-order valence-corrected chi connectivity index (χ4v) is 1.88. The average molecular weight is 280 g/mol. The number of hydrogen-bond acceptors (Lipinski definition) is 2. The molecular formula is C15H15ClFNO. The molecule has 100 valence electrons. The summed E-state index contributed by atoms with van der Waals surface area (Å²) in [6.07, 6.45) is 0. The SMILES string of the molecule is CCNCc1cc(F)ccc1Oc1cccc(Cl)c1. The first-order chi connectivity index (χ1) is 9.19. The molecule has 0 aliphatic rings. The van der Waals surface area contributed by atoms with Crippen LogP contribution in [0, 0.1) is 5.82 Å². The maximum atomic E-state index is 13.3. The van der Waals surface area contributed by atoms with Crippen LogP contribution < -0.4 is 10.1 Å². The van der Waals surface area contributed by atoms with Gasteiger partial charge in [-0.2, -0.15) is 0 Å². The van der Waals surface area contributed by atoms with Crippen molar-refractivity contribution < 1.29 is 9.13 Å². The zero-order valence-electron chi connectivity index (χ0n) is 10.6. The van der Waals surface area contributed by atoms with Gasteiger partial charge in [-0.25, -0.2) is 4.39 Å². The van der Waals surface area contributed by atoms with E-state index in [1.807, 2.05) is 19.1 Å². The Morgan fingerprint density at radius 1 is 1.21 bits per heavy atom. The maximum absolute atomic E-state index is 13.3. The molecular weight excluding hydrogens is 265 g/mol. The molecule has 2 nitrogen and oxygen atoms in total. The van der Waals surface area contributed by atoms with E-state index in [2.05, 4.69) is 5.32 Å². The van der Waals surface area contributed by atoms with Crippen LogP contribution in [0.15, 0.2) is 42.5 Å². The molecule has 0 bridgehead atoms. The van der Waals surface area contributed by atoms with Crippen LogP contribution in [0.5, 0.6) is 11.5 Å². The predicted octanol–water partition coefficient (Wildman–Crippen LogP) is 4.38. The Hall–Kier alpha value is -1.58. The van der Waals surface area contributed by atoms with Crippen molar-refractivity contribution in [2.45, 2.75) is 13.5 Å². The number of nitrogens with one attached hydrogen (secondary N) is 1. The van der Waals surface area contributed by atoms with Crippen molar-refractivity contribution >= 4 is 11.6 Å². The molecule has 0 spiro atoms. The third-order valence-corrected chi connectivity index (χ3v) is 2.85. The Labute approximate surface area is 117 Å². The topological polar surface area (TPSA) is 21.3 Å². The summed E-state index contributed by atoms with van der Waals surface area (Å²) in [5.74, 6) is 0.993. The van der Waals surface area contributed by atoms with Crippen LogP contribution in [-0.4, -0.2) is 6.54 Å². The van der Waals surface area contributed by atoms with E-state index in [1.54, 1.807) is 18.2 Å². The highest BCUT2D eigenvalue weighted by Gasteiger charge is 2.06. The van der Waals surface area contributed by atoms with Crippen molar-refractivity contribution in [1.82, 2.24) is 5.32 Å². The van der Waals surface area contributed by atoms with E-state index in [0.29, 0.717) is 23.1 Å². The molecule has 2 aromatic carbocycles. The predicted molar refractivity (Wildman–Crippen MR) is 75.3 cm³/mol. The van der Waals surface area contributed by atoms with Gasteiger partial charge in [-0.1, -0.05) is 24.6 Å². The minimum atomic E-state index is -0.272. The summed E-state index contributed by atoms with van der Waals surface area (Å²) in [5, 5.41) is 3.76. The van der Waals surface area contributed by atoms with Gasteiger partial charge < -0.3 is 10.1 Å². The van der Waals surface area contributed by atoms with Crippen LogP contribution in [0.1, 0.15) is 12.5 Å². The molecule has 0 saturated carbocycles. The second kappa shape index (κ2) is 6.55. The lowest BCUT2D eigenvalue weighted by atomic mass is 10.2. The van der Waals surface area contributed by atoms with Crippen molar-refractivity contribution in [2.24, 2.45) is 0 Å². The van der Waals surface area contributed by atoms with Crippen LogP contribution in [0.25, 0.3) is 0 Å². The van der Waals surface area contributed by atoms with Crippen molar-refractivity contribution in [3.8, 4) is 11.5 Å². The molecule has 4 heteroatoms. The Balaban J connectivity index is 2.23. The Kier molecular flexibility index (Phi) is 4.77. The van der Waals surface area contributed by atoms with E-state index in [1.165, 1.54) is 12.1 Å². The normalized spacial score (nSPS) is 10.5. The summed E-state index contributed by atoms with van der Waals surface area (Å²) in [6, 6.07) is 11.6. The molecule has 19 heavy (non-hydrogen) atoms. The van der Waals surface area contributed by atoms with E-state index in [-0.39, 0.29) is 5.82 Å². The number of hydrogen-bond donors (Lipinski definition) is 1. The highest BCUT2D eigenvalue weighted by atomic mass is 35.5. The first kappa shape index (κ1) is 13.8. The molecule has 0 heterocycles. The van der Waals surface area contributed by atoms with Crippen LogP contribution in [0.3, 0.4) is 0 Å². The zero-order valence-corrected chi connectivity index (χ0v) is 11.4. The van der Waals surface area contributed by atoms with E-state index < -0.39 is 0 Å². The van der Waals surface area contributed by atoms with Crippen molar-refractivity contribution in [2.75, 3.05) is 6.54 Å². The van der Waals surface area contributed by atoms with Gasteiger partial charge in [0.25, 0.3) is 0 Å². The van der Waals surface area contributed by atoms with Gasteiger partial charge in [-0.3, -0.25) is 0 Å². The van der Waals surface area contributed by atoms with Crippen LogP contribution in [-0.2, 0) is 6.54 Å². The van der Waals surface area contributed by atoms with Gasteiger partial charge in [0.05, 0.1) is 0 Å². The Morgan fingerprint density at radius 2 is 2.05 bits per heavy atom. The molecule has 0 saturated heterocycles. The molecule has 0 unspecified atom stereocenters. The number of ether oxygens (including phenoxy) is 1.